The minimum absolute atomic E-state index is 0.166. The number of benzene rings is 8. The summed E-state index contributed by atoms with van der Waals surface area (Å²) in [5.41, 5.74) is 7.97. The number of hydrogen-bond acceptors (Lipinski definition) is 1. The predicted molar refractivity (Wildman–Crippen MR) is 226 cm³/mol. The smallest absolute Gasteiger partial charge is 0.136 e. The van der Waals surface area contributed by atoms with E-state index in [9.17, 15) is 0 Å². The molecule has 0 N–H and O–H groups in total. The van der Waals surface area contributed by atoms with Gasteiger partial charge in [0.2, 0.25) is 0 Å². The Morgan fingerprint density at radius 3 is 1.39 bits per heavy atom. The van der Waals surface area contributed by atoms with Crippen LogP contribution in [0.15, 0.2) is 114 Å². The number of furan rings is 1. The van der Waals surface area contributed by atoms with E-state index in [1.54, 1.807) is 0 Å². The Labute approximate surface area is 306 Å². The van der Waals surface area contributed by atoms with Gasteiger partial charge in [-0.25, -0.2) is 0 Å². The number of fused-ring (bicyclic) bond motifs is 6. The van der Waals surface area contributed by atoms with Crippen molar-refractivity contribution in [3.05, 3.63) is 109 Å². The molecule has 16 radical (unpaired) electrons. The molecule has 0 amide bonds. The zero-order chi connectivity index (χ0) is 35.3. The lowest BCUT2D eigenvalue weighted by molar-refractivity contribution is 0.669. The van der Waals surface area contributed by atoms with Crippen LogP contribution in [0.5, 0.6) is 0 Å². The van der Waals surface area contributed by atoms with E-state index in [4.69, 9.17) is 67.2 Å². The summed E-state index contributed by atoms with van der Waals surface area (Å²) < 4.78 is 6.35. The van der Waals surface area contributed by atoms with E-state index in [1.807, 2.05) is 78.9 Å². The fourth-order valence-electron chi connectivity index (χ4n) is 7.69. The zero-order valence-corrected chi connectivity index (χ0v) is 27.4. The second kappa shape index (κ2) is 11.7. The van der Waals surface area contributed by atoms with Crippen LogP contribution in [0.1, 0.15) is 0 Å². The van der Waals surface area contributed by atoms with Gasteiger partial charge in [0, 0.05) is 10.8 Å². The van der Waals surface area contributed by atoms with E-state index in [2.05, 4.69) is 30.3 Å². The summed E-state index contributed by atoms with van der Waals surface area (Å²) in [6.07, 6.45) is 0. The van der Waals surface area contributed by atoms with Crippen LogP contribution in [0.4, 0.5) is 0 Å². The first-order valence-corrected chi connectivity index (χ1v) is 16.4. The van der Waals surface area contributed by atoms with Gasteiger partial charge >= 0.3 is 0 Å². The maximum absolute atomic E-state index is 7.01. The normalized spacial score (nSPS) is 11.8. The molecular weight excluding hydrogens is 607 g/mol. The van der Waals surface area contributed by atoms with Crippen molar-refractivity contribution < 1.29 is 4.42 Å². The summed E-state index contributed by atoms with van der Waals surface area (Å²) in [5.74, 6) is 0. The van der Waals surface area contributed by atoms with E-state index in [0.29, 0.717) is 32.7 Å². The molecule has 1 heterocycles. The Hall–Kier alpha value is -5.14. The van der Waals surface area contributed by atoms with Crippen molar-refractivity contribution in [2.75, 3.05) is 0 Å². The Morgan fingerprint density at radius 1 is 0.333 bits per heavy atom. The third-order valence-electron chi connectivity index (χ3n) is 10.2. The highest BCUT2D eigenvalue weighted by atomic mass is 16.3. The summed E-state index contributed by atoms with van der Waals surface area (Å²) in [6.45, 7) is 0. The van der Waals surface area contributed by atoms with E-state index < -0.39 is 0 Å². The van der Waals surface area contributed by atoms with E-state index in [-0.39, 0.29) is 43.7 Å². The third kappa shape index (κ3) is 4.60. The molecule has 9 rings (SSSR count). The Bertz CT molecular complexity index is 2870. The highest BCUT2D eigenvalue weighted by molar-refractivity contribution is 6.71. The second-order valence-corrected chi connectivity index (χ2v) is 13.0. The van der Waals surface area contributed by atoms with Gasteiger partial charge in [0.25, 0.3) is 0 Å². The van der Waals surface area contributed by atoms with E-state index in [0.717, 1.165) is 55.0 Å². The van der Waals surface area contributed by atoms with E-state index in [1.165, 1.54) is 0 Å². The molecule has 0 fully saturated rings. The van der Waals surface area contributed by atoms with Crippen molar-refractivity contribution in [1.29, 1.82) is 0 Å². The highest BCUT2D eigenvalue weighted by Gasteiger charge is 2.26. The number of rotatable bonds is 3. The SMILES string of the molecule is [B]c1c([B])c([B])c2c(-c3ccccc3-c3ccccc3)c3c([B])c([B])c([B])c([B])c3c(-c3ccc4oc5cc6ccccc6cc5c4c3)c2c1[B]. The monoisotopic (exact) mass is 626 g/mol. The minimum atomic E-state index is 0.166. The third-order valence-corrected chi connectivity index (χ3v) is 10.2. The summed E-state index contributed by atoms with van der Waals surface area (Å²) in [6, 6.07) is 36.3. The van der Waals surface area contributed by atoms with Gasteiger partial charge in [-0.3, -0.25) is 0 Å². The molecule has 0 atom stereocenters. The fourth-order valence-corrected chi connectivity index (χ4v) is 7.69. The van der Waals surface area contributed by atoms with Crippen LogP contribution in [-0.2, 0) is 0 Å². The predicted octanol–water partition coefficient (Wildman–Crippen LogP) is 2.40. The van der Waals surface area contributed by atoms with Crippen LogP contribution in [-0.4, -0.2) is 62.8 Å². The molecule has 0 aliphatic carbocycles. The summed E-state index contributed by atoms with van der Waals surface area (Å²) in [5, 5.41) is 6.32. The molecule has 0 saturated heterocycles. The van der Waals surface area contributed by atoms with Gasteiger partial charge in [-0.15, -0.1) is 21.9 Å². The molecule has 0 aliphatic heterocycles. The maximum Gasteiger partial charge on any atom is 0.136 e. The average Bonchev–Trinajstić information content (AvgIpc) is 3.52. The molecule has 8 aromatic carbocycles. The van der Waals surface area contributed by atoms with Gasteiger partial charge in [0.15, 0.2) is 0 Å². The molecule has 1 aromatic heterocycles. The highest BCUT2D eigenvalue weighted by Crippen LogP contribution is 2.44. The van der Waals surface area contributed by atoms with Crippen molar-refractivity contribution in [3.8, 4) is 33.4 Å². The van der Waals surface area contributed by atoms with Crippen LogP contribution in [0, 0.1) is 0 Å². The molecule has 1 nitrogen and oxygen atoms in total. The van der Waals surface area contributed by atoms with Crippen molar-refractivity contribution in [3.63, 3.8) is 0 Å². The lowest BCUT2D eigenvalue weighted by Gasteiger charge is -2.29. The minimum Gasteiger partial charge on any atom is -0.456 e. The van der Waals surface area contributed by atoms with Gasteiger partial charge < -0.3 is 4.42 Å². The molecule has 0 aliphatic rings. The number of hydrogen-bond donors (Lipinski definition) is 0. The van der Waals surface area contributed by atoms with Gasteiger partial charge in [-0.2, -0.15) is 0 Å². The van der Waals surface area contributed by atoms with Gasteiger partial charge in [0.05, 0.1) is 0 Å². The molecule has 216 valence electrons. The Kier molecular flexibility index (Phi) is 7.30. The van der Waals surface area contributed by atoms with Crippen molar-refractivity contribution in [1.82, 2.24) is 0 Å². The van der Waals surface area contributed by atoms with Gasteiger partial charge in [0.1, 0.15) is 73.9 Å². The molecule has 0 bridgehead atoms. The standard InChI is InChI=1S/C42H18B8O/c43-35-31-29(22-14-15-27-25(17-22)26-16-20-10-4-5-11-21(20)18-28(26)51-27)32-34(38(46)42(50)40(48)36(32)44)30(33(31)37(45)41(49)39(35)47)24-13-7-6-12-23(24)19-8-2-1-3-9-19/h1-18H. The molecule has 9 aromatic rings. The molecule has 0 unspecified atom stereocenters. The Morgan fingerprint density at radius 2 is 0.804 bits per heavy atom. The molecule has 0 saturated carbocycles. The fraction of sp³-hybridized carbons (Fsp3) is 0. The van der Waals surface area contributed by atoms with Crippen molar-refractivity contribution in [2.24, 2.45) is 0 Å². The first-order valence-electron chi connectivity index (χ1n) is 16.4. The quantitative estimate of drug-likeness (QED) is 0.218. The molecule has 9 heteroatoms. The summed E-state index contributed by atoms with van der Waals surface area (Å²) >= 11 is 0. The van der Waals surface area contributed by atoms with Crippen LogP contribution in [0.25, 0.3) is 87.6 Å². The Balaban J connectivity index is 1.52. The van der Waals surface area contributed by atoms with E-state index >= 15 is 0 Å². The van der Waals surface area contributed by atoms with Crippen LogP contribution < -0.4 is 43.7 Å². The zero-order valence-electron chi connectivity index (χ0n) is 27.4. The molecule has 0 spiro atoms. The van der Waals surface area contributed by atoms with Crippen LogP contribution in [0.3, 0.4) is 0 Å². The van der Waals surface area contributed by atoms with Crippen molar-refractivity contribution >= 4 is 161 Å². The lowest BCUT2D eigenvalue weighted by atomic mass is 9.59. The largest absolute Gasteiger partial charge is 0.456 e. The molecule has 51 heavy (non-hydrogen) atoms. The first kappa shape index (κ1) is 31.8. The van der Waals surface area contributed by atoms with Gasteiger partial charge in [-0.05, 0) is 90.0 Å². The summed E-state index contributed by atoms with van der Waals surface area (Å²) in [4.78, 5) is 0. The van der Waals surface area contributed by atoms with Crippen LogP contribution in [0.2, 0.25) is 0 Å². The topological polar surface area (TPSA) is 13.1 Å². The molecular formula is C42H18B8O. The lowest BCUT2D eigenvalue weighted by Crippen LogP contribution is -2.50. The van der Waals surface area contributed by atoms with Gasteiger partial charge in [-0.1, -0.05) is 107 Å². The first-order chi connectivity index (χ1) is 24.7. The van der Waals surface area contributed by atoms with Crippen molar-refractivity contribution in [2.45, 2.75) is 0 Å². The average molecular weight is 625 g/mol. The second-order valence-electron chi connectivity index (χ2n) is 13.0. The summed E-state index contributed by atoms with van der Waals surface area (Å²) in [7, 11) is 54.5. The maximum atomic E-state index is 7.01. The van der Waals surface area contributed by atoms with Crippen LogP contribution >= 0.6 is 0 Å².